The van der Waals surface area contributed by atoms with Crippen LogP contribution < -0.4 is 20.2 Å². The summed E-state index contributed by atoms with van der Waals surface area (Å²) in [7, 11) is 0. The normalized spacial score (nSPS) is 12.2. The number of rotatable bonds is 5. The molecule has 0 aromatic heterocycles. The summed E-state index contributed by atoms with van der Waals surface area (Å²) in [6, 6.07) is 12.4. The third-order valence-corrected chi connectivity index (χ3v) is 3.52. The van der Waals surface area contributed by atoms with Crippen LogP contribution in [0.2, 0.25) is 0 Å². The van der Waals surface area contributed by atoms with E-state index in [1.54, 1.807) is 30.3 Å². The number of fused-ring (bicyclic) bond motifs is 1. The van der Waals surface area contributed by atoms with Crippen LogP contribution >= 0.6 is 0 Å². The largest absolute Gasteiger partial charge is 0.454 e. The molecule has 25 heavy (non-hydrogen) atoms. The summed E-state index contributed by atoms with van der Waals surface area (Å²) in [5, 5.41) is 6.40. The van der Waals surface area contributed by atoms with E-state index < -0.39 is 5.91 Å². The van der Waals surface area contributed by atoms with Crippen molar-refractivity contribution in [2.45, 2.75) is 6.92 Å². The predicted octanol–water partition coefficient (Wildman–Crippen LogP) is 1.60. The Morgan fingerprint density at radius 2 is 1.88 bits per heavy atom. The van der Waals surface area contributed by atoms with E-state index in [-0.39, 0.29) is 19.2 Å². The Kier molecular flexibility index (Phi) is 4.94. The first-order valence-corrected chi connectivity index (χ1v) is 7.68. The van der Waals surface area contributed by atoms with E-state index in [0.717, 1.165) is 11.1 Å². The summed E-state index contributed by atoms with van der Waals surface area (Å²) in [4.78, 5) is 23.6. The fraction of sp³-hybridized carbons (Fsp3) is 0.167. The zero-order valence-corrected chi connectivity index (χ0v) is 13.6. The lowest BCUT2D eigenvalue weighted by atomic mass is 10.1. The first-order valence-electron chi connectivity index (χ1n) is 7.68. The molecule has 1 aliphatic heterocycles. The highest BCUT2D eigenvalue weighted by Gasteiger charge is 2.12. The summed E-state index contributed by atoms with van der Waals surface area (Å²) < 4.78 is 10.5. The maximum atomic E-state index is 11.9. The first-order chi connectivity index (χ1) is 12.1. The van der Waals surface area contributed by atoms with E-state index in [1.807, 2.05) is 19.1 Å². The van der Waals surface area contributed by atoms with Crippen LogP contribution in [0.3, 0.4) is 0 Å². The number of carbonyl (C=O) groups excluding carboxylic acids is 2. The summed E-state index contributed by atoms with van der Waals surface area (Å²) in [6.07, 6.45) is 1.49. The summed E-state index contributed by atoms with van der Waals surface area (Å²) in [5.74, 6) is 0.591. The van der Waals surface area contributed by atoms with Gasteiger partial charge in [-0.05, 0) is 42.8 Å². The van der Waals surface area contributed by atoms with Crippen molar-refractivity contribution in [2.24, 2.45) is 5.10 Å². The third kappa shape index (κ3) is 4.35. The highest BCUT2D eigenvalue weighted by Crippen LogP contribution is 2.31. The number of carbonyl (C=O) groups is 2. The Bertz CT molecular complexity index is 816. The van der Waals surface area contributed by atoms with Gasteiger partial charge in [0.1, 0.15) is 0 Å². The highest BCUT2D eigenvalue weighted by molar-refractivity contribution is 5.96. The Hall–Kier alpha value is -3.35. The van der Waals surface area contributed by atoms with Gasteiger partial charge in [0.25, 0.3) is 11.8 Å². The number of nitrogens with one attached hydrogen (secondary N) is 2. The van der Waals surface area contributed by atoms with Gasteiger partial charge in [0, 0.05) is 5.56 Å². The molecule has 0 spiro atoms. The molecule has 0 bridgehead atoms. The Labute approximate surface area is 144 Å². The van der Waals surface area contributed by atoms with Crippen molar-refractivity contribution >= 4 is 18.0 Å². The molecular weight excluding hydrogens is 322 g/mol. The lowest BCUT2D eigenvalue weighted by Gasteiger charge is -2.04. The maximum absolute atomic E-state index is 11.9. The second-order valence-corrected chi connectivity index (χ2v) is 5.45. The number of hydrazone groups is 1. The van der Waals surface area contributed by atoms with Crippen LogP contribution in [0.15, 0.2) is 47.6 Å². The van der Waals surface area contributed by atoms with Gasteiger partial charge in [-0.1, -0.05) is 17.7 Å². The van der Waals surface area contributed by atoms with Crippen LogP contribution in [0.25, 0.3) is 0 Å². The average molecular weight is 339 g/mol. The maximum Gasteiger partial charge on any atom is 0.259 e. The molecule has 3 rings (SSSR count). The smallest absolute Gasteiger partial charge is 0.259 e. The molecule has 2 aromatic carbocycles. The molecule has 7 nitrogen and oxygen atoms in total. The topological polar surface area (TPSA) is 89.0 Å². The van der Waals surface area contributed by atoms with Crippen molar-refractivity contribution in [3.05, 3.63) is 59.2 Å². The molecule has 2 N–H and O–H groups in total. The molecule has 0 aliphatic carbocycles. The van der Waals surface area contributed by atoms with Crippen molar-refractivity contribution in [1.82, 2.24) is 10.7 Å². The predicted molar refractivity (Wildman–Crippen MR) is 91.8 cm³/mol. The van der Waals surface area contributed by atoms with Gasteiger partial charge in [0.2, 0.25) is 6.79 Å². The number of benzene rings is 2. The number of nitrogens with zero attached hydrogens (tertiary/aromatic N) is 1. The van der Waals surface area contributed by atoms with Crippen molar-refractivity contribution in [1.29, 1.82) is 0 Å². The van der Waals surface area contributed by atoms with Gasteiger partial charge in [-0.25, -0.2) is 5.43 Å². The van der Waals surface area contributed by atoms with E-state index in [2.05, 4.69) is 15.8 Å². The van der Waals surface area contributed by atoms with Crippen LogP contribution in [-0.4, -0.2) is 31.4 Å². The average Bonchev–Trinajstić information content (AvgIpc) is 3.08. The number of amides is 2. The van der Waals surface area contributed by atoms with E-state index in [1.165, 1.54) is 6.21 Å². The zero-order chi connectivity index (χ0) is 17.6. The molecule has 0 atom stereocenters. The molecule has 7 heteroatoms. The summed E-state index contributed by atoms with van der Waals surface area (Å²) in [6.45, 7) is 1.98. The molecule has 0 saturated heterocycles. The monoisotopic (exact) mass is 339 g/mol. The first kappa shape index (κ1) is 16.5. The number of hydrogen-bond donors (Lipinski definition) is 2. The summed E-state index contributed by atoms with van der Waals surface area (Å²) >= 11 is 0. The molecular formula is C18H17N3O4. The minimum Gasteiger partial charge on any atom is -0.454 e. The number of ether oxygens (including phenoxy) is 2. The molecule has 1 aliphatic rings. The van der Waals surface area contributed by atoms with Gasteiger partial charge < -0.3 is 14.8 Å². The van der Waals surface area contributed by atoms with Gasteiger partial charge in [0.15, 0.2) is 11.5 Å². The lowest BCUT2D eigenvalue weighted by Crippen LogP contribution is -2.34. The minimum atomic E-state index is -0.419. The van der Waals surface area contributed by atoms with Crippen LogP contribution in [0, 0.1) is 6.92 Å². The lowest BCUT2D eigenvalue weighted by molar-refractivity contribution is -0.120. The zero-order valence-electron chi connectivity index (χ0n) is 13.6. The Balaban J connectivity index is 1.46. The van der Waals surface area contributed by atoms with Crippen molar-refractivity contribution in [3.8, 4) is 11.5 Å². The molecule has 0 unspecified atom stereocenters. The van der Waals surface area contributed by atoms with Gasteiger partial charge in [-0.15, -0.1) is 0 Å². The molecule has 1 heterocycles. The third-order valence-electron chi connectivity index (χ3n) is 3.52. The van der Waals surface area contributed by atoms with Gasteiger partial charge >= 0.3 is 0 Å². The summed E-state index contributed by atoms with van der Waals surface area (Å²) in [5.41, 5.74) is 4.68. The van der Waals surface area contributed by atoms with Crippen LogP contribution in [0.5, 0.6) is 11.5 Å². The highest BCUT2D eigenvalue weighted by atomic mass is 16.7. The van der Waals surface area contributed by atoms with Crippen LogP contribution in [0.1, 0.15) is 21.5 Å². The van der Waals surface area contributed by atoms with E-state index in [9.17, 15) is 9.59 Å². The van der Waals surface area contributed by atoms with Crippen LogP contribution in [0.4, 0.5) is 0 Å². The Morgan fingerprint density at radius 3 is 2.68 bits per heavy atom. The van der Waals surface area contributed by atoms with Crippen molar-refractivity contribution < 1.29 is 19.1 Å². The second-order valence-electron chi connectivity index (χ2n) is 5.45. The van der Waals surface area contributed by atoms with E-state index >= 15 is 0 Å². The Morgan fingerprint density at radius 1 is 1.12 bits per heavy atom. The molecule has 0 saturated carbocycles. The van der Waals surface area contributed by atoms with Gasteiger partial charge in [-0.2, -0.15) is 5.10 Å². The van der Waals surface area contributed by atoms with Gasteiger partial charge in [-0.3, -0.25) is 9.59 Å². The number of hydrogen-bond acceptors (Lipinski definition) is 5. The molecule has 2 amide bonds. The van der Waals surface area contributed by atoms with Crippen molar-refractivity contribution in [2.75, 3.05) is 13.3 Å². The fourth-order valence-corrected chi connectivity index (χ4v) is 2.18. The van der Waals surface area contributed by atoms with E-state index in [4.69, 9.17) is 9.47 Å². The van der Waals surface area contributed by atoms with Gasteiger partial charge in [0.05, 0.1) is 12.8 Å². The second kappa shape index (κ2) is 7.48. The quantitative estimate of drug-likeness (QED) is 0.640. The minimum absolute atomic E-state index is 0.162. The number of aryl methyl sites for hydroxylation is 1. The molecule has 0 radical (unpaired) electrons. The standard InChI is InChI=1S/C18H17N3O4/c1-12-2-5-14(6-3-12)18(23)19-10-17(22)21-20-9-13-4-7-15-16(8-13)25-11-24-15/h2-9H,10-11H2,1H3,(H,19,23)(H,21,22). The van der Waals surface area contributed by atoms with Crippen molar-refractivity contribution in [3.63, 3.8) is 0 Å². The van der Waals surface area contributed by atoms with E-state index in [0.29, 0.717) is 17.1 Å². The fourth-order valence-electron chi connectivity index (χ4n) is 2.18. The molecule has 0 fully saturated rings. The van der Waals surface area contributed by atoms with Crippen LogP contribution in [-0.2, 0) is 4.79 Å². The molecule has 2 aromatic rings. The SMILES string of the molecule is Cc1ccc(C(=O)NCC(=O)NN=Cc2ccc3c(c2)OCO3)cc1. The molecule has 128 valence electrons.